The second-order valence-electron chi connectivity index (χ2n) is 5.13. The summed E-state index contributed by atoms with van der Waals surface area (Å²) < 4.78 is 13.7. The van der Waals surface area contributed by atoms with E-state index in [4.69, 9.17) is 0 Å². The lowest BCUT2D eigenvalue weighted by atomic mass is 10.1. The topological polar surface area (TPSA) is 48.0 Å². The number of aromatic nitrogens is 1. The van der Waals surface area contributed by atoms with Gasteiger partial charge in [-0.1, -0.05) is 42.5 Å². The third-order valence-electron chi connectivity index (χ3n) is 3.63. The van der Waals surface area contributed by atoms with Crippen molar-refractivity contribution < 1.29 is 9.50 Å². The summed E-state index contributed by atoms with van der Waals surface area (Å²) in [4.78, 5) is 2.93. The molecule has 0 bridgehead atoms. The van der Waals surface area contributed by atoms with Gasteiger partial charge >= 0.3 is 0 Å². The minimum atomic E-state index is -0.882. The Morgan fingerprint density at radius 2 is 1.86 bits per heavy atom. The number of nitrogens with one attached hydrogen (secondary N) is 2. The number of halogens is 1. The first-order valence-corrected chi connectivity index (χ1v) is 6.91. The second-order valence-corrected chi connectivity index (χ2v) is 5.13. The predicted octanol–water partition coefficient (Wildman–Crippen LogP) is 3.65. The fourth-order valence-electron chi connectivity index (χ4n) is 2.45. The van der Waals surface area contributed by atoms with Crippen LogP contribution >= 0.6 is 0 Å². The molecule has 0 aliphatic carbocycles. The number of hydrogen-bond acceptors (Lipinski definition) is 2. The van der Waals surface area contributed by atoms with Crippen LogP contribution in [0.25, 0.3) is 10.9 Å². The van der Waals surface area contributed by atoms with Crippen LogP contribution in [-0.4, -0.2) is 10.1 Å². The zero-order valence-electron chi connectivity index (χ0n) is 11.7. The average molecular weight is 284 g/mol. The van der Waals surface area contributed by atoms with Crippen molar-refractivity contribution >= 4 is 10.9 Å². The summed E-state index contributed by atoms with van der Waals surface area (Å²) in [5.41, 5.74) is 2.05. The van der Waals surface area contributed by atoms with E-state index in [0.717, 1.165) is 10.9 Å². The van der Waals surface area contributed by atoms with Crippen LogP contribution in [0.5, 0.6) is 0 Å². The minimum Gasteiger partial charge on any atom is -0.373 e. The van der Waals surface area contributed by atoms with Crippen LogP contribution in [0, 0.1) is 5.82 Å². The zero-order valence-corrected chi connectivity index (χ0v) is 11.7. The van der Waals surface area contributed by atoms with Gasteiger partial charge < -0.3 is 10.1 Å². The molecular weight excluding hydrogens is 267 g/mol. The molecule has 2 aromatic carbocycles. The van der Waals surface area contributed by atoms with E-state index in [1.54, 1.807) is 12.1 Å². The molecule has 0 amide bonds. The number of aliphatic hydroxyl groups is 1. The monoisotopic (exact) mass is 284 g/mol. The van der Waals surface area contributed by atoms with Gasteiger partial charge in [0, 0.05) is 11.4 Å². The fraction of sp³-hybridized carbons (Fsp3) is 0.176. The van der Waals surface area contributed by atoms with E-state index in [9.17, 15) is 9.50 Å². The standard InChI is InChI=1S/C17H17FN2O/c1-11(12-6-3-2-4-7-12)19-17(21)15-10-13-8-5-9-14(18)16(13)20-15/h2-11,17,19-21H,1H3/t11-,17?/m0/s1. The van der Waals surface area contributed by atoms with Crippen molar-refractivity contribution in [2.45, 2.75) is 19.2 Å². The summed E-state index contributed by atoms with van der Waals surface area (Å²) in [6.07, 6.45) is -0.882. The lowest BCUT2D eigenvalue weighted by molar-refractivity contribution is 0.122. The predicted molar refractivity (Wildman–Crippen MR) is 81.2 cm³/mol. The molecule has 0 aliphatic heterocycles. The summed E-state index contributed by atoms with van der Waals surface area (Å²) in [6, 6.07) is 16.5. The van der Waals surface area contributed by atoms with Crippen LogP contribution in [0.4, 0.5) is 4.39 Å². The van der Waals surface area contributed by atoms with Gasteiger partial charge in [0.1, 0.15) is 12.0 Å². The van der Waals surface area contributed by atoms with Gasteiger partial charge in [-0.25, -0.2) is 4.39 Å². The van der Waals surface area contributed by atoms with E-state index < -0.39 is 6.23 Å². The maximum absolute atomic E-state index is 13.7. The summed E-state index contributed by atoms with van der Waals surface area (Å²) in [6.45, 7) is 1.97. The Balaban J connectivity index is 1.81. The van der Waals surface area contributed by atoms with E-state index in [1.165, 1.54) is 6.07 Å². The molecule has 3 aromatic rings. The molecule has 3 rings (SSSR count). The van der Waals surface area contributed by atoms with Crippen molar-refractivity contribution in [2.24, 2.45) is 0 Å². The second kappa shape index (κ2) is 5.68. The maximum atomic E-state index is 13.7. The first-order valence-electron chi connectivity index (χ1n) is 6.91. The highest BCUT2D eigenvalue weighted by Crippen LogP contribution is 2.23. The molecule has 108 valence electrons. The molecule has 0 saturated carbocycles. The van der Waals surface area contributed by atoms with Gasteiger partial charge in [0.05, 0.1) is 11.2 Å². The number of fused-ring (bicyclic) bond motifs is 1. The molecule has 3 N–H and O–H groups in total. The lowest BCUT2D eigenvalue weighted by Gasteiger charge is -2.18. The molecule has 1 aromatic heterocycles. The fourth-order valence-corrected chi connectivity index (χ4v) is 2.45. The van der Waals surface area contributed by atoms with Crippen LogP contribution in [0.2, 0.25) is 0 Å². The number of aromatic amines is 1. The Labute approximate surface area is 122 Å². The third kappa shape index (κ3) is 2.82. The van der Waals surface area contributed by atoms with Gasteiger partial charge in [-0.05, 0) is 24.6 Å². The van der Waals surface area contributed by atoms with Gasteiger partial charge in [-0.15, -0.1) is 0 Å². The van der Waals surface area contributed by atoms with Crippen LogP contribution in [0.15, 0.2) is 54.6 Å². The zero-order chi connectivity index (χ0) is 14.8. The van der Waals surface area contributed by atoms with Crippen LogP contribution in [0.1, 0.15) is 30.5 Å². The molecule has 3 nitrogen and oxygen atoms in total. The molecular formula is C17H17FN2O. The minimum absolute atomic E-state index is 0.0162. The van der Waals surface area contributed by atoms with Crippen molar-refractivity contribution in [1.82, 2.24) is 10.3 Å². The molecule has 0 radical (unpaired) electrons. The third-order valence-corrected chi connectivity index (χ3v) is 3.63. The van der Waals surface area contributed by atoms with E-state index in [0.29, 0.717) is 11.2 Å². The molecule has 1 heterocycles. The van der Waals surface area contributed by atoms with Gasteiger partial charge in [0.25, 0.3) is 0 Å². The van der Waals surface area contributed by atoms with Crippen molar-refractivity contribution in [2.75, 3.05) is 0 Å². The Kier molecular flexibility index (Phi) is 3.73. The largest absolute Gasteiger partial charge is 0.373 e. The van der Waals surface area contributed by atoms with Gasteiger partial charge in [-0.2, -0.15) is 0 Å². The molecule has 0 spiro atoms. The Hall–Kier alpha value is -2.17. The van der Waals surface area contributed by atoms with Crippen LogP contribution < -0.4 is 5.32 Å². The molecule has 0 aliphatic rings. The van der Waals surface area contributed by atoms with Crippen LogP contribution in [0.3, 0.4) is 0 Å². The number of benzene rings is 2. The van der Waals surface area contributed by atoms with E-state index in [2.05, 4.69) is 10.3 Å². The van der Waals surface area contributed by atoms with Crippen molar-refractivity contribution in [1.29, 1.82) is 0 Å². The first-order chi connectivity index (χ1) is 10.1. The number of rotatable bonds is 4. The summed E-state index contributed by atoms with van der Waals surface area (Å²) in [5, 5.41) is 14.1. The highest BCUT2D eigenvalue weighted by molar-refractivity contribution is 5.80. The van der Waals surface area contributed by atoms with Gasteiger partial charge in [-0.3, -0.25) is 5.32 Å². The molecule has 0 saturated heterocycles. The molecule has 1 unspecified atom stereocenters. The molecule has 2 atom stereocenters. The smallest absolute Gasteiger partial charge is 0.147 e. The van der Waals surface area contributed by atoms with E-state index >= 15 is 0 Å². The maximum Gasteiger partial charge on any atom is 0.147 e. The lowest BCUT2D eigenvalue weighted by Crippen LogP contribution is -2.24. The van der Waals surface area contributed by atoms with Crippen molar-refractivity contribution in [3.8, 4) is 0 Å². The number of H-pyrrole nitrogens is 1. The molecule has 21 heavy (non-hydrogen) atoms. The molecule has 0 fully saturated rings. The summed E-state index contributed by atoms with van der Waals surface area (Å²) in [7, 11) is 0. The van der Waals surface area contributed by atoms with E-state index in [1.807, 2.05) is 43.3 Å². The quantitative estimate of drug-likeness (QED) is 0.640. The van der Waals surface area contributed by atoms with Gasteiger partial charge in [0.2, 0.25) is 0 Å². The number of hydrogen-bond donors (Lipinski definition) is 3. The number of aliphatic hydroxyl groups excluding tert-OH is 1. The van der Waals surface area contributed by atoms with Gasteiger partial charge in [0.15, 0.2) is 0 Å². The molecule has 4 heteroatoms. The van der Waals surface area contributed by atoms with Crippen molar-refractivity contribution in [3.05, 3.63) is 71.7 Å². The van der Waals surface area contributed by atoms with E-state index in [-0.39, 0.29) is 11.9 Å². The Morgan fingerprint density at radius 1 is 1.10 bits per heavy atom. The number of para-hydroxylation sites is 1. The summed E-state index contributed by atoms with van der Waals surface area (Å²) >= 11 is 0. The van der Waals surface area contributed by atoms with Crippen LogP contribution in [-0.2, 0) is 0 Å². The summed E-state index contributed by atoms with van der Waals surface area (Å²) in [5.74, 6) is -0.318. The van der Waals surface area contributed by atoms with Crippen molar-refractivity contribution in [3.63, 3.8) is 0 Å². The normalized spacial score (nSPS) is 14.2. The Bertz CT molecular complexity index is 739. The Morgan fingerprint density at radius 3 is 2.57 bits per heavy atom. The highest BCUT2D eigenvalue weighted by Gasteiger charge is 2.15. The first kappa shape index (κ1) is 13.8. The average Bonchev–Trinajstić information content (AvgIpc) is 2.94. The SMILES string of the molecule is C[C@H](NC(O)c1cc2cccc(F)c2[nH]1)c1ccccc1. The highest BCUT2D eigenvalue weighted by atomic mass is 19.1.